The lowest BCUT2D eigenvalue weighted by Crippen LogP contribution is -2.52. The molecule has 1 amide bonds. The van der Waals surface area contributed by atoms with Gasteiger partial charge in [-0.15, -0.1) is 0 Å². The number of carboxylic acids is 1. The van der Waals surface area contributed by atoms with E-state index in [1.165, 1.54) is 0 Å². The van der Waals surface area contributed by atoms with Gasteiger partial charge < -0.3 is 10.0 Å². The zero-order valence-electron chi connectivity index (χ0n) is 12.1. The predicted octanol–water partition coefficient (Wildman–Crippen LogP) is 3.70. The second-order valence-corrected chi connectivity index (χ2v) is 6.65. The van der Waals surface area contributed by atoms with Crippen LogP contribution in [-0.4, -0.2) is 34.5 Å². The van der Waals surface area contributed by atoms with E-state index in [1.54, 1.807) is 24.1 Å². The summed E-state index contributed by atoms with van der Waals surface area (Å²) in [4.78, 5) is 25.6. The largest absolute Gasteiger partial charge is 0.481 e. The molecule has 0 radical (unpaired) electrons. The van der Waals surface area contributed by atoms with Gasteiger partial charge >= 0.3 is 5.97 Å². The number of rotatable bonds is 4. The van der Waals surface area contributed by atoms with Gasteiger partial charge in [-0.3, -0.25) is 9.59 Å². The Morgan fingerprint density at radius 3 is 2.52 bits per heavy atom. The lowest BCUT2D eigenvalue weighted by Gasteiger charge is -2.44. The molecular weight excluding hydrogens is 334 g/mol. The van der Waals surface area contributed by atoms with Crippen molar-refractivity contribution in [3.05, 3.63) is 34.3 Å². The van der Waals surface area contributed by atoms with Crippen molar-refractivity contribution in [1.82, 2.24) is 4.90 Å². The molecule has 5 heteroatoms. The molecule has 0 saturated heterocycles. The number of carbonyl (C=O) groups is 2. The number of hydrogen-bond donors (Lipinski definition) is 1. The SMILES string of the molecule is CN(C(=O)c1cccc(Br)c1)C1(CC(=O)O)CCCCC1. The van der Waals surface area contributed by atoms with Crippen molar-refractivity contribution in [2.75, 3.05) is 7.05 Å². The zero-order chi connectivity index (χ0) is 15.5. The van der Waals surface area contributed by atoms with E-state index in [0.29, 0.717) is 5.56 Å². The average molecular weight is 354 g/mol. The van der Waals surface area contributed by atoms with Gasteiger partial charge in [-0.1, -0.05) is 41.3 Å². The Morgan fingerprint density at radius 1 is 1.29 bits per heavy atom. The highest BCUT2D eigenvalue weighted by molar-refractivity contribution is 9.10. The minimum Gasteiger partial charge on any atom is -0.481 e. The maximum Gasteiger partial charge on any atom is 0.305 e. The van der Waals surface area contributed by atoms with Crippen LogP contribution < -0.4 is 0 Å². The summed E-state index contributed by atoms with van der Waals surface area (Å²) in [5.41, 5.74) is 0.0333. The molecular formula is C16H20BrNO3. The summed E-state index contributed by atoms with van der Waals surface area (Å²) >= 11 is 3.36. The van der Waals surface area contributed by atoms with Crippen molar-refractivity contribution in [2.45, 2.75) is 44.1 Å². The number of carboxylic acid groups (broad SMARTS) is 1. The maximum absolute atomic E-state index is 12.7. The summed E-state index contributed by atoms with van der Waals surface area (Å²) in [7, 11) is 1.73. The van der Waals surface area contributed by atoms with E-state index in [4.69, 9.17) is 0 Å². The molecule has 1 aliphatic rings. The van der Waals surface area contributed by atoms with Crippen LogP contribution in [0.3, 0.4) is 0 Å². The molecule has 1 fully saturated rings. The van der Waals surface area contributed by atoms with Gasteiger partial charge in [-0.05, 0) is 31.0 Å². The van der Waals surface area contributed by atoms with E-state index in [9.17, 15) is 14.7 Å². The molecule has 1 aromatic rings. The second kappa shape index (κ2) is 6.60. The molecule has 0 aromatic heterocycles. The van der Waals surface area contributed by atoms with Crippen molar-refractivity contribution >= 4 is 27.8 Å². The van der Waals surface area contributed by atoms with E-state index in [0.717, 1.165) is 36.6 Å². The summed E-state index contributed by atoms with van der Waals surface area (Å²) in [6.45, 7) is 0. The van der Waals surface area contributed by atoms with E-state index >= 15 is 0 Å². The van der Waals surface area contributed by atoms with Crippen molar-refractivity contribution in [1.29, 1.82) is 0 Å². The summed E-state index contributed by atoms with van der Waals surface area (Å²) in [5.74, 6) is -0.953. The maximum atomic E-state index is 12.7. The van der Waals surface area contributed by atoms with E-state index < -0.39 is 11.5 Å². The van der Waals surface area contributed by atoms with Gasteiger partial charge in [0.05, 0.1) is 12.0 Å². The van der Waals surface area contributed by atoms with Crippen molar-refractivity contribution in [3.8, 4) is 0 Å². The highest BCUT2D eigenvalue weighted by Crippen LogP contribution is 2.36. The molecule has 21 heavy (non-hydrogen) atoms. The van der Waals surface area contributed by atoms with Gasteiger partial charge in [0.1, 0.15) is 0 Å². The minimum atomic E-state index is -0.842. The molecule has 0 aliphatic heterocycles. The fourth-order valence-electron chi connectivity index (χ4n) is 3.15. The first-order valence-corrected chi connectivity index (χ1v) is 7.99. The van der Waals surface area contributed by atoms with Crippen LogP contribution in [0.1, 0.15) is 48.9 Å². The Labute approximate surface area is 133 Å². The molecule has 1 N–H and O–H groups in total. The standard InChI is InChI=1S/C16H20BrNO3/c1-18(15(21)12-6-5-7-13(17)10-12)16(11-14(19)20)8-3-2-4-9-16/h5-7,10H,2-4,8-9,11H2,1H3,(H,19,20). The fraction of sp³-hybridized carbons (Fsp3) is 0.500. The van der Waals surface area contributed by atoms with Crippen molar-refractivity contribution < 1.29 is 14.7 Å². The van der Waals surface area contributed by atoms with Gasteiger partial charge in [-0.2, -0.15) is 0 Å². The number of hydrogen-bond acceptors (Lipinski definition) is 2. The van der Waals surface area contributed by atoms with Gasteiger partial charge in [0.25, 0.3) is 5.91 Å². The summed E-state index contributed by atoms with van der Waals surface area (Å²) in [5, 5.41) is 9.23. The highest BCUT2D eigenvalue weighted by atomic mass is 79.9. The van der Waals surface area contributed by atoms with Crippen LogP contribution in [0, 0.1) is 0 Å². The molecule has 1 aliphatic carbocycles. The number of amides is 1. The van der Waals surface area contributed by atoms with E-state index in [1.807, 2.05) is 12.1 Å². The lowest BCUT2D eigenvalue weighted by molar-refractivity contribution is -0.140. The van der Waals surface area contributed by atoms with Gasteiger partial charge in [-0.25, -0.2) is 0 Å². The van der Waals surface area contributed by atoms with E-state index in [-0.39, 0.29) is 12.3 Å². The van der Waals surface area contributed by atoms with Gasteiger partial charge in [0.2, 0.25) is 0 Å². The molecule has 1 saturated carbocycles. The Balaban J connectivity index is 2.27. The third kappa shape index (κ3) is 3.64. The van der Waals surface area contributed by atoms with Crippen LogP contribution in [-0.2, 0) is 4.79 Å². The second-order valence-electron chi connectivity index (χ2n) is 5.73. The molecule has 114 valence electrons. The van der Waals surface area contributed by atoms with Crippen molar-refractivity contribution in [3.63, 3.8) is 0 Å². The summed E-state index contributed by atoms with van der Waals surface area (Å²) < 4.78 is 0.845. The lowest BCUT2D eigenvalue weighted by atomic mass is 9.78. The number of halogens is 1. The zero-order valence-corrected chi connectivity index (χ0v) is 13.7. The first kappa shape index (κ1) is 16.0. The quantitative estimate of drug-likeness (QED) is 0.897. The van der Waals surface area contributed by atoms with Crippen LogP contribution in [0.5, 0.6) is 0 Å². The van der Waals surface area contributed by atoms with Crippen LogP contribution in [0.4, 0.5) is 0 Å². The smallest absolute Gasteiger partial charge is 0.305 e. The topological polar surface area (TPSA) is 57.6 Å². The van der Waals surface area contributed by atoms with Crippen LogP contribution >= 0.6 is 15.9 Å². The van der Waals surface area contributed by atoms with Crippen LogP contribution in [0.25, 0.3) is 0 Å². The number of carbonyl (C=O) groups excluding carboxylic acids is 1. The third-order valence-electron chi connectivity index (χ3n) is 4.35. The Bertz CT molecular complexity index is 538. The molecule has 1 aromatic carbocycles. The first-order valence-electron chi connectivity index (χ1n) is 7.20. The van der Waals surface area contributed by atoms with Crippen LogP contribution in [0.15, 0.2) is 28.7 Å². The monoisotopic (exact) mass is 353 g/mol. The third-order valence-corrected chi connectivity index (χ3v) is 4.85. The first-order chi connectivity index (χ1) is 9.94. The normalized spacial score (nSPS) is 17.2. The number of aliphatic carboxylic acids is 1. The van der Waals surface area contributed by atoms with Crippen LogP contribution in [0.2, 0.25) is 0 Å². The molecule has 0 bridgehead atoms. The average Bonchev–Trinajstić information content (AvgIpc) is 2.46. The molecule has 4 nitrogen and oxygen atoms in total. The number of benzene rings is 1. The molecule has 0 atom stereocenters. The Kier molecular flexibility index (Phi) is 5.04. The molecule has 2 rings (SSSR count). The number of nitrogens with zero attached hydrogens (tertiary/aromatic N) is 1. The Hall–Kier alpha value is -1.36. The minimum absolute atomic E-state index is 0.0171. The summed E-state index contributed by atoms with van der Waals surface area (Å²) in [6, 6.07) is 7.22. The van der Waals surface area contributed by atoms with Crippen molar-refractivity contribution in [2.24, 2.45) is 0 Å². The van der Waals surface area contributed by atoms with Gasteiger partial charge in [0, 0.05) is 17.1 Å². The molecule has 0 spiro atoms. The van der Waals surface area contributed by atoms with Gasteiger partial charge in [0.15, 0.2) is 0 Å². The highest BCUT2D eigenvalue weighted by Gasteiger charge is 2.40. The van der Waals surface area contributed by atoms with E-state index in [2.05, 4.69) is 15.9 Å². The molecule has 0 unspecified atom stereocenters. The predicted molar refractivity (Wildman–Crippen MR) is 84.3 cm³/mol. The fourth-order valence-corrected chi connectivity index (χ4v) is 3.55. The molecule has 0 heterocycles. The Morgan fingerprint density at radius 2 is 1.95 bits per heavy atom. The summed E-state index contributed by atoms with van der Waals surface area (Å²) in [6.07, 6.45) is 4.60.